The van der Waals surface area contributed by atoms with Gasteiger partial charge in [-0.3, -0.25) is 0 Å². The van der Waals surface area contributed by atoms with Gasteiger partial charge in [0.15, 0.2) is 6.29 Å². The van der Waals surface area contributed by atoms with Gasteiger partial charge in [-0.15, -0.1) is 0 Å². The van der Waals surface area contributed by atoms with E-state index in [2.05, 4.69) is 112 Å². The number of benzene rings is 2. The summed E-state index contributed by atoms with van der Waals surface area (Å²) in [5, 5.41) is 0. The van der Waals surface area contributed by atoms with Gasteiger partial charge in [0, 0.05) is 28.4 Å². The van der Waals surface area contributed by atoms with Gasteiger partial charge < -0.3 is 23.7 Å². The van der Waals surface area contributed by atoms with Crippen molar-refractivity contribution in [1.82, 2.24) is 0 Å². The number of rotatable bonds is 12. The minimum Gasteiger partial charge on any atom is -0.382 e. The van der Waals surface area contributed by atoms with Crippen LogP contribution in [-0.4, -0.2) is 61.2 Å². The molecule has 0 saturated heterocycles. The van der Waals surface area contributed by atoms with E-state index in [0.29, 0.717) is 37.3 Å². The molecule has 2 aromatic carbocycles. The van der Waals surface area contributed by atoms with Crippen molar-refractivity contribution in [2.75, 3.05) is 54.9 Å². The summed E-state index contributed by atoms with van der Waals surface area (Å²) in [4.78, 5) is 0. The standard InChI is InChI=1S/2C11H16.C6H14O3.C4H10O2.2C2H6.4CH4/c2*1-4-11(2,3)10-8-6-5-7-9-10;1-6(8-3)9-5-4-7-2;1-5-3-4-6-2;2*1-2;;;;/h2*5-9H,4H2,1-3H3;6H,4-5H2,1-3H3;3-4H2,1-2H3;2*1-2H3;4*1H4. The Kier molecular flexibility index (Phi) is 61.2. The fourth-order valence-corrected chi connectivity index (χ4v) is 2.72. The van der Waals surface area contributed by atoms with Crippen LogP contribution in [0, 0.1) is 0 Å². The van der Waals surface area contributed by atoms with Crippen LogP contribution in [0.2, 0.25) is 0 Å². The SMILES string of the molecule is C.C.C.C.CC.CC.CCC(C)(C)c1ccccc1.CCC(C)(C)c1ccccc1.COCCOC.COCCOC(C)OC. The second-order valence-electron chi connectivity index (χ2n) is 9.86. The quantitative estimate of drug-likeness (QED) is 0.170. The molecule has 0 N–H and O–H groups in total. The van der Waals surface area contributed by atoms with Crippen molar-refractivity contribution in [2.45, 2.75) is 136 Å². The van der Waals surface area contributed by atoms with E-state index in [1.807, 2.05) is 34.6 Å². The Bertz CT molecular complexity index is 662. The highest BCUT2D eigenvalue weighted by Gasteiger charge is 2.17. The van der Waals surface area contributed by atoms with Crippen LogP contribution in [0.1, 0.15) is 130 Å². The van der Waals surface area contributed by atoms with Crippen molar-refractivity contribution in [3.63, 3.8) is 0 Å². The van der Waals surface area contributed by atoms with E-state index in [-0.39, 0.29) is 36.0 Å². The van der Waals surface area contributed by atoms with Crippen LogP contribution < -0.4 is 0 Å². The topological polar surface area (TPSA) is 46.2 Å². The van der Waals surface area contributed by atoms with Crippen molar-refractivity contribution < 1.29 is 23.7 Å². The largest absolute Gasteiger partial charge is 0.382 e. The minimum atomic E-state index is -0.125. The van der Waals surface area contributed by atoms with E-state index in [1.165, 1.54) is 24.0 Å². The van der Waals surface area contributed by atoms with E-state index in [0.717, 1.165) is 0 Å². The molecule has 0 aliphatic rings. The minimum absolute atomic E-state index is 0. The molecule has 0 bridgehead atoms. The third-order valence-electron chi connectivity index (χ3n) is 6.34. The number of ether oxygens (including phenoxy) is 5. The normalized spacial score (nSPS) is 9.84. The summed E-state index contributed by atoms with van der Waals surface area (Å²) < 4.78 is 24.0. The molecule has 0 saturated carbocycles. The van der Waals surface area contributed by atoms with Gasteiger partial charge in [0.2, 0.25) is 0 Å². The van der Waals surface area contributed by atoms with E-state index in [4.69, 9.17) is 14.2 Å². The maximum atomic E-state index is 5.08. The summed E-state index contributed by atoms with van der Waals surface area (Å²) in [7, 11) is 6.55. The summed E-state index contributed by atoms with van der Waals surface area (Å²) in [5.74, 6) is 0. The Labute approximate surface area is 285 Å². The van der Waals surface area contributed by atoms with Gasteiger partial charge in [0.1, 0.15) is 0 Å². The molecule has 0 radical (unpaired) electrons. The van der Waals surface area contributed by atoms with Crippen LogP contribution >= 0.6 is 0 Å². The maximum absolute atomic E-state index is 5.08. The number of methoxy groups -OCH3 is 4. The zero-order chi connectivity index (χ0) is 32.6. The van der Waals surface area contributed by atoms with Crippen LogP contribution in [0.3, 0.4) is 0 Å². The fourth-order valence-electron chi connectivity index (χ4n) is 2.72. The van der Waals surface area contributed by atoms with Gasteiger partial charge in [-0.1, -0.05) is 160 Å². The smallest absolute Gasteiger partial charge is 0.154 e. The Morgan fingerprint density at radius 3 is 1.00 bits per heavy atom. The van der Waals surface area contributed by atoms with Crippen molar-refractivity contribution in [1.29, 1.82) is 0 Å². The molecule has 2 rings (SSSR count). The third-order valence-corrected chi connectivity index (χ3v) is 6.34. The molecule has 0 aliphatic carbocycles. The van der Waals surface area contributed by atoms with Gasteiger partial charge in [-0.2, -0.15) is 0 Å². The number of hydrogen-bond acceptors (Lipinski definition) is 5. The highest BCUT2D eigenvalue weighted by atomic mass is 16.7. The Hall–Kier alpha value is -1.76. The molecule has 274 valence electrons. The van der Waals surface area contributed by atoms with Crippen molar-refractivity contribution in [2.24, 2.45) is 0 Å². The zero-order valence-corrected chi connectivity index (χ0v) is 29.6. The molecule has 0 heterocycles. The molecule has 1 unspecified atom stereocenters. The summed E-state index contributed by atoms with van der Waals surface area (Å²) in [5.41, 5.74) is 3.53. The van der Waals surface area contributed by atoms with Gasteiger partial charge in [0.05, 0.1) is 26.4 Å². The first kappa shape index (κ1) is 62.1. The zero-order valence-electron chi connectivity index (χ0n) is 29.6. The molecule has 0 spiro atoms. The lowest BCUT2D eigenvalue weighted by atomic mass is 9.82. The first-order valence-corrected chi connectivity index (χ1v) is 15.3. The summed E-state index contributed by atoms with van der Waals surface area (Å²) in [6.07, 6.45) is 2.26. The van der Waals surface area contributed by atoms with Crippen molar-refractivity contribution >= 4 is 0 Å². The Morgan fingerprint density at radius 2 is 0.778 bits per heavy atom. The lowest BCUT2D eigenvalue weighted by Crippen LogP contribution is -2.14. The molecule has 0 aliphatic heterocycles. The lowest BCUT2D eigenvalue weighted by Gasteiger charge is -2.22. The van der Waals surface area contributed by atoms with Gasteiger partial charge in [-0.05, 0) is 41.7 Å². The predicted octanol–water partition coefficient (Wildman–Crippen LogP) is 12.3. The second-order valence-corrected chi connectivity index (χ2v) is 9.86. The molecule has 2 aromatic rings. The maximum Gasteiger partial charge on any atom is 0.154 e. The van der Waals surface area contributed by atoms with Crippen molar-refractivity contribution in [3.8, 4) is 0 Å². The van der Waals surface area contributed by atoms with Crippen LogP contribution in [-0.2, 0) is 34.5 Å². The molecule has 0 aromatic heterocycles. The van der Waals surface area contributed by atoms with E-state index >= 15 is 0 Å². The molecule has 1 atom stereocenters. The van der Waals surface area contributed by atoms with Gasteiger partial charge >= 0.3 is 0 Å². The Morgan fingerprint density at radius 1 is 0.511 bits per heavy atom. The third kappa shape index (κ3) is 38.3. The fraction of sp³-hybridized carbons (Fsp3) is 0.700. The molecule has 45 heavy (non-hydrogen) atoms. The van der Waals surface area contributed by atoms with E-state index < -0.39 is 0 Å². The summed E-state index contributed by atoms with van der Waals surface area (Å²) in [6, 6.07) is 21.3. The van der Waals surface area contributed by atoms with Gasteiger partial charge in [-0.25, -0.2) is 0 Å². The van der Waals surface area contributed by atoms with E-state index in [9.17, 15) is 0 Å². The van der Waals surface area contributed by atoms with Crippen LogP contribution in [0.5, 0.6) is 0 Å². The molecular weight excluding hydrogens is 560 g/mol. The predicted molar refractivity (Wildman–Crippen MR) is 207 cm³/mol. The molecule has 5 heteroatoms. The first-order valence-electron chi connectivity index (χ1n) is 15.3. The number of hydrogen-bond donors (Lipinski definition) is 0. The monoisotopic (exact) mass is 645 g/mol. The first-order chi connectivity index (χ1) is 19.6. The molecule has 0 amide bonds. The van der Waals surface area contributed by atoms with Crippen LogP contribution in [0.15, 0.2) is 60.7 Å². The lowest BCUT2D eigenvalue weighted by molar-refractivity contribution is -0.119. The molecule has 0 fully saturated rings. The second kappa shape index (κ2) is 44.4. The molecule has 5 nitrogen and oxygen atoms in total. The van der Waals surface area contributed by atoms with Gasteiger partial charge in [0.25, 0.3) is 0 Å². The van der Waals surface area contributed by atoms with Crippen molar-refractivity contribution in [3.05, 3.63) is 71.8 Å². The molecular formula is C40H84O5. The average Bonchev–Trinajstić information content (AvgIpc) is 3.03. The summed E-state index contributed by atoms with van der Waals surface area (Å²) in [6.45, 7) is 26.0. The average molecular weight is 645 g/mol. The van der Waals surface area contributed by atoms with Crippen LogP contribution in [0.4, 0.5) is 0 Å². The van der Waals surface area contributed by atoms with Crippen LogP contribution in [0.25, 0.3) is 0 Å². The highest BCUT2D eigenvalue weighted by molar-refractivity contribution is 5.23. The Balaban J connectivity index is -0.0000000644. The highest BCUT2D eigenvalue weighted by Crippen LogP contribution is 2.26. The summed E-state index contributed by atoms with van der Waals surface area (Å²) >= 11 is 0. The van der Waals surface area contributed by atoms with E-state index in [1.54, 1.807) is 28.4 Å².